The van der Waals surface area contributed by atoms with Gasteiger partial charge in [0.2, 0.25) is 0 Å². The lowest BCUT2D eigenvalue weighted by Crippen LogP contribution is -2.51. The van der Waals surface area contributed by atoms with Crippen LogP contribution in [0, 0.1) is 34.9 Å². The van der Waals surface area contributed by atoms with Crippen LogP contribution in [-0.4, -0.2) is 19.1 Å². The summed E-state index contributed by atoms with van der Waals surface area (Å²) < 4.78 is 19.2. The van der Waals surface area contributed by atoms with Crippen molar-refractivity contribution in [1.29, 1.82) is 5.26 Å². The van der Waals surface area contributed by atoms with Crippen LogP contribution in [0.2, 0.25) is 5.02 Å². The number of carbonyl (C=O) groups is 1. The number of halogens is 2. The van der Waals surface area contributed by atoms with E-state index in [9.17, 15) is 9.18 Å². The molecule has 0 radical (unpaired) electrons. The van der Waals surface area contributed by atoms with Crippen molar-refractivity contribution >= 4 is 23.3 Å². The van der Waals surface area contributed by atoms with Gasteiger partial charge in [-0.3, -0.25) is 4.79 Å². The molecule has 4 nitrogen and oxygen atoms in total. The lowest BCUT2D eigenvalue weighted by atomic mass is 9.61. The van der Waals surface area contributed by atoms with Gasteiger partial charge in [-0.1, -0.05) is 11.6 Å². The van der Waals surface area contributed by atoms with Gasteiger partial charge in [-0.2, -0.15) is 5.26 Å². The van der Waals surface area contributed by atoms with E-state index in [0.29, 0.717) is 5.92 Å². The predicted molar refractivity (Wildman–Crippen MR) is 84.5 cm³/mol. The predicted octanol–water partition coefficient (Wildman–Crippen LogP) is 3.74. The molecule has 0 saturated heterocycles. The minimum atomic E-state index is -0.531. The number of anilines is 1. The second kappa shape index (κ2) is 6.37. The van der Waals surface area contributed by atoms with Gasteiger partial charge in [-0.25, -0.2) is 4.39 Å². The van der Waals surface area contributed by atoms with E-state index in [2.05, 4.69) is 5.32 Å². The topological polar surface area (TPSA) is 62.1 Å². The van der Waals surface area contributed by atoms with Gasteiger partial charge in [0.05, 0.1) is 29.3 Å². The molecule has 0 aromatic heterocycles. The maximum absolute atomic E-state index is 14.2. The first kappa shape index (κ1) is 16.1. The van der Waals surface area contributed by atoms with E-state index in [1.165, 1.54) is 13.2 Å². The number of nitrogens with one attached hydrogen (secondary N) is 1. The lowest BCUT2D eigenvalue weighted by Gasteiger charge is -2.47. The molecule has 122 valence electrons. The third-order valence-corrected chi connectivity index (χ3v) is 5.50. The Morgan fingerprint density at radius 1 is 1.35 bits per heavy atom. The number of hydrogen-bond donors (Lipinski definition) is 1. The Hall–Kier alpha value is -1.80. The number of nitrogens with zero attached hydrogens (tertiary/aromatic N) is 1. The standard InChI is InChI=1S/C17H18ClFN2O2/c1-23-17(22)15-9-2-4-10(5-3-9)16(15)21-14-7-12(18)11(8-20)6-13(14)19/h6-7,9-10,15-16,21H,2-5H2,1H3. The Bertz CT molecular complexity index is 665. The molecule has 3 aliphatic carbocycles. The van der Waals surface area contributed by atoms with E-state index < -0.39 is 5.82 Å². The Balaban J connectivity index is 1.90. The van der Waals surface area contributed by atoms with Crippen LogP contribution < -0.4 is 5.32 Å². The van der Waals surface area contributed by atoms with Crippen LogP contribution in [0.15, 0.2) is 12.1 Å². The third kappa shape index (κ3) is 2.88. The molecule has 3 fully saturated rings. The highest BCUT2D eigenvalue weighted by Gasteiger charge is 2.47. The van der Waals surface area contributed by atoms with Crippen molar-refractivity contribution in [1.82, 2.24) is 0 Å². The van der Waals surface area contributed by atoms with Crippen molar-refractivity contribution in [3.05, 3.63) is 28.5 Å². The summed E-state index contributed by atoms with van der Waals surface area (Å²) in [5, 5.41) is 12.3. The SMILES string of the molecule is COC(=O)C1C2CCC(CC2)C1Nc1cc(Cl)c(C#N)cc1F. The highest BCUT2D eigenvalue weighted by Crippen LogP contribution is 2.47. The highest BCUT2D eigenvalue weighted by atomic mass is 35.5. The lowest BCUT2D eigenvalue weighted by molar-refractivity contribution is -0.152. The van der Waals surface area contributed by atoms with E-state index in [4.69, 9.17) is 21.6 Å². The maximum atomic E-state index is 14.2. The highest BCUT2D eigenvalue weighted by molar-refractivity contribution is 6.32. The summed E-state index contributed by atoms with van der Waals surface area (Å²) in [6.07, 6.45) is 4.08. The Labute approximate surface area is 139 Å². The summed E-state index contributed by atoms with van der Waals surface area (Å²) in [5.41, 5.74) is 0.338. The molecule has 1 N–H and O–H groups in total. The number of methoxy groups -OCH3 is 1. The molecule has 6 heteroatoms. The Kier molecular flexibility index (Phi) is 4.45. The molecule has 3 aliphatic rings. The van der Waals surface area contributed by atoms with Gasteiger partial charge in [-0.05, 0) is 49.7 Å². The second-order valence-corrected chi connectivity index (χ2v) is 6.72. The first-order valence-electron chi connectivity index (χ1n) is 7.78. The van der Waals surface area contributed by atoms with Crippen LogP contribution in [0.25, 0.3) is 0 Å². The van der Waals surface area contributed by atoms with Gasteiger partial charge in [0.15, 0.2) is 0 Å². The van der Waals surface area contributed by atoms with E-state index in [-0.39, 0.29) is 40.1 Å². The first-order chi connectivity index (χ1) is 11.0. The average molecular weight is 337 g/mol. The Morgan fingerprint density at radius 3 is 2.61 bits per heavy atom. The van der Waals surface area contributed by atoms with Crippen LogP contribution in [0.5, 0.6) is 0 Å². The van der Waals surface area contributed by atoms with E-state index >= 15 is 0 Å². The summed E-state index contributed by atoms with van der Waals surface area (Å²) in [6, 6.07) is 4.24. The molecular formula is C17H18ClFN2O2. The number of fused-ring (bicyclic) bond motifs is 3. The van der Waals surface area contributed by atoms with Crippen LogP contribution >= 0.6 is 11.6 Å². The van der Waals surface area contributed by atoms with Gasteiger partial charge >= 0.3 is 5.97 Å². The normalized spacial score (nSPS) is 29.0. The summed E-state index contributed by atoms with van der Waals surface area (Å²) in [4.78, 5) is 12.2. The number of benzene rings is 1. The molecular weight excluding hydrogens is 319 g/mol. The molecule has 23 heavy (non-hydrogen) atoms. The molecule has 3 saturated carbocycles. The van der Waals surface area contributed by atoms with Gasteiger partial charge < -0.3 is 10.1 Å². The molecule has 0 aliphatic heterocycles. The van der Waals surface area contributed by atoms with Crippen LogP contribution in [0.1, 0.15) is 31.2 Å². The number of hydrogen-bond acceptors (Lipinski definition) is 4. The fourth-order valence-electron chi connectivity index (χ4n) is 4.06. The molecule has 1 aromatic carbocycles. The molecule has 1 aromatic rings. The van der Waals surface area contributed by atoms with Crippen molar-refractivity contribution in [2.24, 2.45) is 17.8 Å². The van der Waals surface area contributed by atoms with Gasteiger partial charge in [0, 0.05) is 6.04 Å². The van der Waals surface area contributed by atoms with Gasteiger partial charge in [-0.15, -0.1) is 0 Å². The second-order valence-electron chi connectivity index (χ2n) is 6.32. The van der Waals surface area contributed by atoms with E-state index in [1.807, 2.05) is 6.07 Å². The van der Waals surface area contributed by atoms with Crippen LogP contribution in [0.3, 0.4) is 0 Å². The largest absolute Gasteiger partial charge is 0.469 e. The van der Waals surface area contributed by atoms with Crippen LogP contribution in [0.4, 0.5) is 10.1 Å². The monoisotopic (exact) mass is 336 g/mol. The summed E-state index contributed by atoms with van der Waals surface area (Å²) in [6.45, 7) is 0. The summed E-state index contributed by atoms with van der Waals surface area (Å²) in [5.74, 6) is -0.436. The molecule has 0 spiro atoms. The number of rotatable bonds is 3. The van der Waals surface area contributed by atoms with E-state index in [1.54, 1.807) is 0 Å². The van der Waals surface area contributed by atoms with Gasteiger partial charge in [0.1, 0.15) is 11.9 Å². The fourth-order valence-corrected chi connectivity index (χ4v) is 4.26. The summed E-state index contributed by atoms with van der Waals surface area (Å²) >= 11 is 6.00. The zero-order valence-corrected chi connectivity index (χ0v) is 13.6. The number of carbonyl (C=O) groups excluding carboxylic acids is 1. The molecule has 2 bridgehead atoms. The number of esters is 1. The Morgan fingerprint density at radius 2 is 2.00 bits per heavy atom. The molecule has 0 heterocycles. The van der Waals surface area contributed by atoms with Crippen molar-refractivity contribution < 1.29 is 13.9 Å². The minimum absolute atomic E-state index is 0.101. The molecule has 0 amide bonds. The first-order valence-corrected chi connectivity index (χ1v) is 8.16. The molecule has 4 rings (SSSR count). The van der Waals surface area contributed by atoms with Crippen molar-refractivity contribution in [2.75, 3.05) is 12.4 Å². The quantitative estimate of drug-likeness (QED) is 0.854. The minimum Gasteiger partial charge on any atom is -0.469 e. The molecule has 2 unspecified atom stereocenters. The molecule has 2 atom stereocenters. The van der Waals surface area contributed by atoms with Crippen LogP contribution in [-0.2, 0) is 9.53 Å². The van der Waals surface area contributed by atoms with Crippen molar-refractivity contribution in [2.45, 2.75) is 31.7 Å². The maximum Gasteiger partial charge on any atom is 0.311 e. The zero-order chi connectivity index (χ0) is 16.6. The van der Waals surface area contributed by atoms with Crippen molar-refractivity contribution in [3.8, 4) is 6.07 Å². The zero-order valence-electron chi connectivity index (χ0n) is 12.8. The fraction of sp³-hybridized carbons (Fsp3) is 0.529. The van der Waals surface area contributed by atoms with Gasteiger partial charge in [0.25, 0.3) is 0 Å². The van der Waals surface area contributed by atoms with E-state index in [0.717, 1.165) is 31.7 Å². The smallest absolute Gasteiger partial charge is 0.311 e. The number of ether oxygens (including phenoxy) is 1. The number of nitriles is 1. The summed E-state index contributed by atoms with van der Waals surface area (Å²) in [7, 11) is 1.39. The third-order valence-electron chi connectivity index (χ3n) is 5.19. The average Bonchev–Trinajstić information content (AvgIpc) is 2.58. The van der Waals surface area contributed by atoms with Crippen molar-refractivity contribution in [3.63, 3.8) is 0 Å².